The minimum absolute atomic E-state index is 0.206. The van der Waals surface area contributed by atoms with E-state index in [9.17, 15) is 9.59 Å². The van der Waals surface area contributed by atoms with Crippen LogP contribution >= 0.6 is 0 Å². The smallest absolute Gasteiger partial charge is 0.331 e. The number of aliphatic carboxylic acids is 1. The van der Waals surface area contributed by atoms with E-state index in [1.54, 1.807) is 48.5 Å². The molecule has 0 saturated heterocycles. The average Bonchev–Trinajstić information content (AvgIpc) is 3.10. The summed E-state index contributed by atoms with van der Waals surface area (Å²) >= 11 is 0. The van der Waals surface area contributed by atoms with Gasteiger partial charge in [-0.25, -0.2) is 4.79 Å². The SMILES string of the molecule is C/C(=C\c1ccc2oc(C(=O)c3ccc4c(c3)OCCO4)cc2c1)C(=O)O. The predicted octanol–water partition coefficient (Wildman–Crippen LogP) is 3.92. The summed E-state index contributed by atoms with van der Waals surface area (Å²) in [5.74, 6) is 0.129. The third-order valence-electron chi connectivity index (χ3n) is 4.29. The van der Waals surface area contributed by atoms with E-state index < -0.39 is 5.97 Å². The monoisotopic (exact) mass is 364 g/mol. The third-order valence-corrected chi connectivity index (χ3v) is 4.29. The number of carboxylic acid groups (broad SMARTS) is 1. The first-order valence-electron chi connectivity index (χ1n) is 8.41. The van der Waals surface area contributed by atoms with Gasteiger partial charge in [-0.1, -0.05) is 6.07 Å². The first-order valence-corrected chi connectivity index (χ1v) is 8.41. The maximum Gasteiger partial charge on any atom is 0.331 e. The van der Waals surface area contributed by atoms with Crippen molar-refractivity contribution in [2.45, 2.75) is 6.92 Å². The number of carbonyl (C=O) groups is 2. The molecule has 0 amide bonds. The number of furan rings is 1. The van der Waals surface area contributed by atoms with Gasteiger partial charge in [0, 0.05) is 16.5 Å². The van der Waals surface area contributed by atoms with E-state index in [0.717, 1.165) is 10.9 Å². The Balaban J connectivity index is 1.66. The topological polar surface area (TPSA) is 86.0 Å². The third kappa shape index (κ3) is 3.29. The van der Waals surface area contributed by atoms with Crippen LogP contribution in [0, 0.1) is 0 Å². The molecule has 27 heavy (non-hydrogen) atoms. The van der Waals surface area contributed by atoms with Crippen molar-refractivity contribution in [1.82, 2.24) is 0 Å². The number of carbonyl (C=O) groups excluding carboxylic acids is 1. The van der Waals surface area contributed by atoms with E-state index in [2.05, 4.69) is 0 Å². The normalized spacial score (nSPS) is 13.6. The predicted molar refractivity (Wildman–Crippen MR) is 98.4 cm³/mol. The second-order valence-corrected chi connectivity index (χ2v) is 6.23. The Morgan fingerprint density at radius 1 is 1.00 bits per heavy atom. The van der Waals surface area contributed by atoms with Gasteiger partial charge >= 0.3 is 5.97 Å². The van der Waals surface area contributed by atoms with E-state index in [1.165, 1.54) is 6.92 Å². The van der Waals surface area contributed by atoms with Gasteiger partial charge in [0.25, 0.3) is 0 Å². The minimum atomic E-state index is -0.975. The zero-order valence-electron chi connectivity index (χ0n) is 14.5. The molecule has 4 rings (SSSR count). The van der Waals surface area contributed by atoms with Crippen molar-refractivity contribution in [3.8, 4) is 11.5 Å². The van der Waals surface area contributed by atoms with Gasteiger partial charge in [0.05, 0.1) is 0 Å². The van der Waals surface area contributed by atoms with Crippen LogP contribution in [-0.2, 0) is 4.79 Å². The van der Waals surface area contributed by atoms with Crippen LogP contribution in [0.1, 0.15) is 28.6 Å². The average molecular weight is 364 g/mol. The highest BCUT2D eigenvalue weighted by Crippen LogP contribution is 2.32. The Morgan fingerprint density at radius 3 is 2.56 bits per heavy atom. The molecule has 0 saturated carbocycles. The van der Waals surface area contributed by atoms with Crippen LogP contribution in [-0.4, -0.2) is 30.1 Å². The molecule has 0 spiro atoms. The quantitative estimate of drug-likeness (QED) is 0.558. The van der Waals surface area contributed by atoms with Crippen molar-refractivity contribution >= 4 is 28.8 Å². The van der Waals surface area contributed by atoms with E-state index in [-0.39, 0.29) is 17.1 Å². The fourth-order valence-corrected chi connectivity index (χ4v) is 2.90. The lowest BCUT2D eigenvalue weighted by Gasteiger charge is -2.18. The molecule has 136 valence electrons. The van der Waals surface area contributed by atoms with Crippen molar-refractivity contribution in [2.24, 2.45) is 0 Å². The maximum atomic E-state index is 12.8. The molecule has 1 aliphatic heterocycles. The first kappa shape index (κ1) is 16.9. The Morgan fingerprint density at radius 2 is 1.78 bits per heavy atom. The molecule has 0 aliphatic carbocycles. The molecule has 2 heterocycles. The number of carboxylic acids is 1. The number of ether oxygens (including phenoxy) is 2. The summed E-state index contributed by atoms with van der Waals surface area (Å²) in [4.78, 5) is 23.7. The van der Waals surface area contributed by atoms with Crippen LogP contribution in [0.4, 0.5) is 0 Å². The van der Waals surface area contributed by atoms with E-state index >= 15 is 0 Å². The van der Waals surface area contributed by atoms with E-state index in [4.69, 9.17) is 19.0 Å². The van der Waals surface area contributed by atoms with E-state index in [0.29, 0.717) is 35.9 Å². The zero-order chi connectivity index (χ0) is 19.0. The highest BCUT2D eigenvalue weighted by molar-refractivity contribution is 6.09. The standard InChI is InChI=1S/C21H16O6/c1-12(21(23)24)8-13-2-4-16-15(9-13)11-19(27-16)20(22)14-3-5-17-18(10-14)26-7-6-25-17/h2-5,8-11H,6-7H2,1H3,(H,23,24)/b12-8+. The van der Waals surface area contributed by atoms with Gasteiger partial charge in [-0.2, -0.15) is 0 Å². The molecule has 0 radical (unpaired) electrons. The molecule has 6 heteroatoms. The van der Waals surface area contributed by atoms with Crippen molar-refractivity contribution in [3.05, 3.63) is 64.9 Å². The molecular formula is C21H16O6. The van der Waals surface area contributed by atoms with Crippen molar-refractivity contribution in [3.63, 3.8) is 0 Å². The second-order valence-electron chi connectivity index (χ2n) is 6.23. The summed E-state index contributed by atoms with van der Waals surface area (Å²) < 4.78 is 16.7. The summed E-state index contributed by atoms with van der Waals surface area (Å²) in [5.41, 5.74) is 1.95. The summed E-state index contributed by atoms with van der Waals surface area (Å²) in [6, 6.07) is 11.9. The molecule has 1 aromatic heterocycles. The molecule has 0 atom stereocenters. The number of fused-ring (bicyclic) bond motifs is 2. The number of hydrogen-bond donors (Lipinski definition) is 1. The number of hydrogen-bond acceptors (Lipinski definition) is 5. The van der Waals surface area contributed by atoms with Gasteiger partial charge in [0.1, 0.15) is 18.8 Å². The Kier molecular flexibility index (Phi) is 4.16. The highest BCUT2D eigenvalue weighted by atomic mass is 16.6. The number of rotatable bonds is 4. The summed E-state index contributed by atoms with van der Waals surface area (Å²) in [6.07, 6.45) is 1.57. The molecule has 3 aromatic rings. The zero-order valence-corrected chi connectivity index (χ0v) is 14.5. The Bertz CT molecular complexity index is 1090. The minimum Gasteiger partial charge on any atom is -0.486 e. The van der Waals surface area contributed by atoms with Gasteiger partial charge in [-0.3, -0.25) is 4.79 Å². The fourth-order valence-electron chi connectivity index (χ4n) is 2.90. The van der Waals surface area contributed by atoms with E-state index in [1.807, 2.05) is 0 Å². The fraction of sp³-hybridized carbons (Fsp3) is 0.143. The Labute approximate surface area is 154 Å². The first-order chi connectivity index (χ1) is 13.0. The molecule has 2 aromatic carbocycles. The van der Waals surface area contributed by atoms with Crippen molar-refractivity contribution in [2.75, 3.05) is 13.2 Å². The molecular weight excluding hydrogens is 348 g/mol. The van der Waals surface area contributed by atoms with Gasteiger partial charge in [-0.15, -0.1) is 0 Å². The lowest BCUT2D eigenvalue weighted by Crippen LogP contribution is -2.15. The van der Waals surface area contributed by atoms with Gasteiger partial charge in [0.15, 0.2) is 17.3 Å². The van der Waals surface area contributed by atoms with Crippen LogP contribution in [0.15, 0.2) is 52.5 Å². The molecule has 6 nitrogen and oxygen atoms in total. The molecule has 0 fully saturated rings. The molecule has 0 bridgehead atoms. The van der Waals surface area contributed by atoms with Crippen LogP contribution in [0.25, 0.3) is 17.0 Å². The highest BCUT2D eigenvalue weighted by Gasteiger charge is 2.19. The van der Waals surface area contributed by atoms with Gasteiger partial charge in [0.2, 0.25) is 5.78 Å². The number of benzene rings is 2. The van der Waals surface area contributed by atoms with Crippen molar-refractivity contribution in [1.29, 1.82) is 0 Å². The van der Waals surface area contributed by atoms with Crippen molar-refractivity contribution < 1.29 is 28.6 Å². The summed E-state index contributed by atoms with van der Waals surface area (Å²) in [7, 11) is 0. The largest absolute Gasteiger partial charge is 0.486 e. The molecule has 1 aliphatic rings. The lowest BCUT2D eigenvalue weighted by molar-refractivity contribution is -0.132. The molecule has 1 N–H and O–H groups in total. The van der Waals surface area contributed by atoms with Gasteiger partial charge in [-0.05, 0) is 55.0 Å². The summed E-state index contributed by atoms with van der Waals surface area (Å²) in [6.45, 7) is 2.46. The Hall–Kier alpha value is -3.54. The lowest BCUT2D eigenvalue weighted by atomic mass is 10.1. The summed E-state index contributed by atoms with van der Waals surface area (Å²) in [5, 5.41) is 9.72. The molecule has 0 unspecified atom stereocenters. The van der Waals surface area contributed by atoms with Crippen LogP contribution in [0.3, 0.4) is 0 Å². The van der Waals surface area contributed by atoms with Crippen LogP contribution in [0.5, 0.6) is 11.5 Å². The second kappa shape index (κ2) is 6.64. The van der Waals surface area contributed by atoms with Crippen LogP contribution < -0.4 is 9.47 Å². The van der Waals surface area contributed by atoms with Crippen LogP contribution in [0.2, 0.25) is 0 Å². The van der Waals surface area contributed by atoms with Gasteiger partial charge < -0.3 is 19.0 Å². The number of ketones is 1. The maximum absolute atomic E-state index is 12.8.